The van der Waals surface area contributed by atoms with Gasteiger partial charge in [-0.05, 0) is 81.4 Å². The smallest absolute Gasteiger partial charge is 0.222 e. The van der Waals surface area contributed by atoms with Crippen LogP contribution in [-0.2, 0) is 38.0 Å². The number of carbonyl (C=O) groups is 2. The molecule has 0 spiro atoms. The summed E-state index contributed by atoms with van der Waals surface area (Å²) in [6, 6.07) is 25.3. The number of ether oxygens (including phenoxy) is 8. The molecule has 6 aromatic rings. The molecule has 2 atom stereocenters. The lowest BCUT2D eigenvalue weighted by molar-refractivity contribution is -0.122. The van der Waals surface area contributed by atoms with Crippen LogP contribution in [0.3, 0.4) is 0 Å². The van der Waals surface area contributed by atoms with Crippen molar-refractivity contribution in [2.75, 3.05) is 106 Å². The summed E-state index contributed by atoms with van der Waals surface area (Å²) in [7, 11) is 1.62. The molecule has 0 unspecified atom stereocenters. The molecule has 408 valence electrons. The summed E-state index contributed by atoms with van der Waals surface area (Å²) in [6.07, 6.45) is 0.174. The number of nitrogens with zero attached hydrogens (tertiary/aromatic N) is 8. The van der Waals surface area contributed by atoms with Gasteiger partial charge in [0.05, 0.1) is 122 Å². The van der Waals surface area contributed by atoms with Crippen LogP contribution >= 0.6 is 23.2 Å². The van der Waals surface area contributed by atoms with Crippen LogP contribution in [0.1, 0.15) is 77.4 Å². The number of nitrogens with one attached hydrogen (secondary N) is 2. The van der Waals surface area contributed by atoms with Gasteiger partial charge >= 0.3 is 0 Å². The van der Waals surface area contributed by atoms with Gasteiger partial charge in [0.15, 0.2) is 11.6 Å². The zero-order valence-corrected chi connectivity index (χ0v) is 45.2. The monoisotopic (exact) mass is 1090 g/mol. The summed E-state index contributed by atoms with van der Waals surface area (Å²) in [5.41, 5.74) is 6.38. The second-order valence-electron chi connectivity index (χ2n) is 17.7. The number of rotatable bonds is 30. The van der Waals surface area contributed by atoms with Crippen LogP contribution in [0.15, 0.2) is 94.9 Å². The molecule has 2 aliphatic heterocycles. The minimum Gasteiger partial charge on any atom is -0.497 e. The molecule has 2 aromatic heterocycles. The molecule has 77 heavy (non-hydrogen) atoms. The summed E-state index contributed by atoms with van der Waals surface area (Å²) in [4.78, 5) is 36.3. The first kappa shape index (κ1) is 56.6. The van der Waals surface area contributed by atoms with Gasteiger partial charge in [-0.25, -0.2) is 0 Å². The number of amides is 2. The average Bonchev–Trinajstić information content (AvgIpc) is 3.98. The van der Waals surface area contributed by atoms with Gasteiger partial charge in [0, 0.05) is 45.4 Å². The van der Waals surface area contributed by atoms with E-state index in [1.54, 1.807) is 7.11 Å². The molecule has 0 aliphatic carbocycles. The summed E-state index contributed by atoms with van der Waals surface area (Å²) < 4.78 is 49.5. The summed E-state index contributed by atoms with van der Waals surface area (Å²) in [5.74, 6) is 3.50. The van der Waals surface area contributed by atoms with E-state index in [4.69, 9.17) is 71.1 Å². The minimum atomic E-state index is -0.607. The molecule has 4 aromatic carbocycles. The van der Waals surface area contributed by atoms with Gasteiger partial charge in [-0.3, -0.25) is 28.7 Å². The predicted octanol–water partition coefficient (Wildman–Crippen LogP) is 6.78. The lowest BCUT2D eigenvalue weighted by Crippen LogP contribution is -2.29. The standard InChI is InChI=1S/C55H64Cl2N10O10/c1-5-58-50(68)34-46-54-64-63-37(3)67(54)49-17-15-43(33-45(49)53(60-46)39-8-12-41(57)13-9-39)77-31-30-76-29-28-75-27-26-74-25-24-73-23-22-72-21-20-71-19-18-59-51(69)35-47-55-65-62-36(2)66(55)48-16-14-42(70-4)32-44(48)52(61-47)38-6-10-40(56)11-7-38/h6-17,32-33,46-47H,5,18-31,34-35H2,1-4H3,(H,58,68)(H,59,69)/t46-,47-/m0/s1. The maximum absolute atomic E-state index is 13.3. The highest BCUT2D eigenvalue weighted by molar-refractivity contribution is 6.31. The van der Waals surface area contributed by atoms with Crippen molar-refractivity contribution in [1.29, 1.82) is 0 Å². The minimum absolute atomic E-state index is 0.0568. The molecular weight excluding hydrogens is 1030 g/mol. The predicted molar refractivity (Wildman–Crippen MR) is 290 cm³/mol. The maximum Gasteiger partial charge on any atom is 0.222 e. The van der Waals surface area contributed by atoms with Gasteiger partial charge in [-0.2, -0.15) is 0 Å². The van der Waals surface area contributed by atoms with Crippen molar-refractivity contribution in [1.82, 2.24) is 40.2 Å². The lowest BCUT2D eigenvalue weighted by atomic mass is 10.00. The molecule has 0 saturated heterocycles. The number of aromatic nitrogens is 6. The zero-order chi connectivity index (χ0) is 53.9. The number of benzene rings is 4. The molecule has 20 nitrogen and oxygen atoms in total. The highest BCUT2D eigenvalue weighted by Crippen LogP contribution is 2.36. The van der Waals surface area contributed by atoms with Gasteiger partial charge < -0.3 is 48.5 Å². The Hall–Kier alpha value is -6.62. The third-order valence-electron chi connectivity index (χ3n) is 12.3. The number of aryl methyl sites for hydroxylation is 2. The fourth-order valence-electron chi connectivity index (χ4n) is 8.69. The van der Waals surface area contributed by atoms with Crippen LogP contribution in [0.2, 0.25) is 10.0 Å². The van der Waals surface area contributed by atoms with E-state index < -0.39 is 12.1 Å². The molecule has 8 rings (SSSR count). The number of aliphatic imine (C=N–C) groups is 2. The van der Waals surface area contributed by atoms with Gasteiger partial charge in [-0.15, -0.1) is 20.4 Å². The van der Waals surface area contributed by atoms with Gasteiger partial charge in [-0.1, -0.05) is 47.5 Å². The Morgan fingerprint density at radius 3 is 1.36 bits per heavy atom. The molecule has 0 radical (unpaired) electrons. The molecule has 2 N–H and O–H groups in total. The van der Waals surface area contributed by atoms with E-state index in [9.17, 15) is 9.59 Å². The van der Waals surface area contributed by atoms with Crippen molar-refractivity contribution in [3.8, 4) is 22.9 Å². The molecule has 22 heteroatoms. The van der Waals surface area contributed by atoms with E-state index in [1.807, 2.05) is 115 Å². The molecule has 0 fully saturated rings. The quantitative estimate of drug-likeness (QED) is 0.0445. The third kappa shape index (κ3) is 15.3. The topological polar surface area (TPSA) is 218 Å². The highest BCUT2D eigenvalue weighted by Gasteiger charge is 2.32. The number of hydrogen-bond donors (Lipinski definition) is 2. The number of hydrogen-bond acceptors (Lipinski definition) is 16. The Morgan fingerprint density at radius 1 is 0.519 bits per heavy atom. The van der Waals surface area contributed by atoms with Gasteiger partial charge in [0.2, 0.25) is 11.8 Å². The number of methoxy groups -OCH3 is 1. The van der Waals surface area contributed by atoms with Crippen LogP contribution in [0.25, 0.3) is 11.4 Å². The van der Waals surface area contributed by atoms with Crippen molar-refractivity contribution < 1.29 is 47.5 Å². The molecule has 4 heterocycles. The Labute approximate surface area is 457 Å². The van der Waals surface area contributed by atoms with Crippen molar-refractivity contribution >= 4 is 46.4 Å². The van der Waals surface area contributed by atoms with Crippen LogP contribution in [-0.4, -0.2) is 159 Å². The number of carbonyl (C=O) groups excluding carboxylic acids is 2. The fourth-order valence-corrected chi connectivity index (χ4v) is 8.94. The van der Waals surface area contributed by atoms with Crippen molar-refractivity contribution in [3.05, 3.63) is 141 Å². The van der Waals surface area contributed by atoms with Crippen LogP contribution in [0, 0.1) is 13.8 Å². The van der Waals surface area contributed by atoms with E-state index in [1.165, 1.54) is 0 Å². The summed E-state index contributed by atoms with van der Waals surface area (Å²) >= 11 is 12.5. The van der Waals surface area contributed by atoms with E-state index in [-0.39, 0.29) is 24.7 Å². The molecule has 2 amide bonds. The molecular formula is C55H64Cl2N10O10. The molecule has 0 bridgehead atoms. The summed E-state index contributed by atoms with van der Waals surface area (Å²) in [5, 5.41) is 24.6. The van der Waals surface area contributed by atoms with Crippen molar-refractivity contribution in [2.24, 2.45) is 9.98 Å². The third-order valence-corrected chi connectivity index (χ3v) is 12.8. The Kier molecular flexibility index (Phi) is 21.1. The van der Waals surface area contributed by atoms with Crippen LogP contribution < -0.4 is 20.1 Å². The highest BCUT2D eigenvalue weighted by atomic mass is 35.5. The molecule has 2 aliphatic rings. The second-order valence-corrected chi connectivity index (χ2v) is 18.6. The van der Waals surface area contributed by atoms with E-state index in [0.29, 0.717) is 155 Å². The first-order chi connectivity index (χ1) is 37.6. The Morgan fingerprint density at radius 2 is 0.922 bits per heavy atom. The second kappa shape index (κ2) is 28.7. The number of fused-ring (bicyclic) bond motifs is 6. The van der Waals surface area contributed by atoms with E-state index in [2.05, 4.69) is 31.0 Å². The lowest BCUT2D eigenvalue weighted by Gasteiger charge is -2.15. The van der Waals surface area contributed by atoms with E-state index >= 15 is 0 Å². The fraction of sp³-hybridized carbons (Fsp3) is 0.418. The Balaban J connectivity index is 0.649. The SMILES string of the molecule is CCNC(=O)C[C@@H]1N=C(c2ccc(Cl)cc2)c2cc(OCCOCCOCCOCCOCCOCCOCCNC(=O)C[C@@H]3N=C(c4ccc(Cl)cc4)c4cc(OC)ccc4-n4c(C)nnc43)ccc2-n2c(C)nnc21. The largest absolute Gasteiger partial charge is 0.497 e. The van der Waals surface area contributed by atoms with E-state index in [0.717, 1.165) is 33.6 Å². The van der Waals surface area contributed by atoms with Crippen molar-refractivity contribution in [3.63, 3.8) is 0 Å². The normalized spacial score (nSPS) is 14.5. The van der Waals surface area contributed by atoms with Crippen LogP contribution in [0.4, 0.5) is 0 Å². The maximum atomic E-state index is 13.3. The zero-order valence-electron chi connectivity index (χ0n) is 43.7. The Bertz CT molecular complexity index is 2970. The first-order valence-electron chi connectivity index (χ1n) is 25.6. The van der Waals surface area contributed by atoms with Gasteiger partial charge in [0.1, 0.15) is 41.8 Å². The van der Waals surface area contributed by atoms with Crippen LogP contribution in [0.5, 0.6) is 11.5 Å². The van der Waals surface area contributed by atoms with Crippen molar-refractivity contribution in [2.45, 2.75) is 45.7 Å². The summed E-state index contributed by atoms with van der Waals surface area (Å²) in [6.45, 7) is 11.6. The number of halogens is 2. The average molecular weight is 1100 g/mol. The first-order valence-corrected chi connectivity index (χ1v) is 26.3. The molecule has 0 saturated carbocycles. The van der Waals surface area contributed by atoms with Gasteiger partial charge in [0.25, 0.3) is 0 Å².